The summed E-state index contributed by atoms with van der Waals surface area (Å²) in [6.07, 6.45) is 1.58. The van der Waals surface area contributed by atoms with Crippen molar-refractivity contribution in [3.8, 4) is 0 Å². The highest BCUT2D eigenvalue weighted by Crippen LogP contribution is 2.25. The van der Waals surface area contributed by atoms with E-state index in [9.17, 15) is 13.2 Å². The zero-order valence-electron chi connectivity index (χ0n) is 11.0. The van der Waals surface area contributed by atoms with E-state index in [4.69, 9.17) is 0 Å². The number of para-hydroxylation sites is 1. The van der Waals surface area contributed by atoms with Gasteiger partial charge in [-0.1, -0.05) is 24.3 Å². The van der Waals surface area contributed by atoms with Crippen molar-refractivity contribution in [1.29, 1.82) is 0 Å². The molecule has 108 valence electrons. The molecule has 1 atom stereocenters. The van der Waals surface area contributed by atoms with Crippen LogP contribution in [0.4, 0.5) is 5.69 Å². The number of anilines is 1. The van der Waals surface area contributed by atoms with Crippen LogP contribution in [0.25, 0.3) is 0 Å². The van der Waals surface area contributed by atoms with Crippen LogP contribution in [0.2, 0.25) is 0 Å². The Hall–Kier alpha value is -1.92. The molecule has 0 aliphatic carbocycles. The van der Waals surface area contributed by atoms with Gasteiger partial charge in [-0.3, -0.25) is 9.69 Å². The minimum Gasteiger partial charge on any atom is -0.300 e. The molecule has 1 aliphatic heterocycles. The Balaban J connectivity index is 2.00. The summed E-state index contributed by atoms with van der Waals surface area (Å²) in [5, 5.41) is 3.02. The van der Waals surface area contributed by atoms with E-state index in [2.05, 4.69) is 0 Å². The van der Waals surface area contributed by atoms with Gasteiger partial charge < -0.3 is 0 Å². The highest BCUT2D eigenvalue weighted by atomic mass is 32.2. The maximum Gasteiger partial charge on any atom is 0.268 e. The first-order valence-corrected chi connectivity index (χ1v) is 8.99. The molecule has 21 heavy (non-hydrogen) atoms. The van der Waals surface area contributed by atoms with Crippen LogP contribution in [0, 0.1) is 0 Å². The second-order valence-corrected chi connectivity index (χ2v) is 7.59. The van der Waals surface area contributed by atoms with Crippen molar-refractivity contribution >= 4 is 32.8 Å². The fourth-order valence-corrected chi connectivity index (χ4v) is 4.22. The van der Waals surface area contributed by atoms with Gasteiger partial charge in [0.25, 0.3) is 5.91 Å². The van der Waals surface area contributed by atoms with E-state index in [1.165, 1.54) is 16.7 Å². The van der Waals surface area contributed by atoms with Gasteiger partial charge in [0.1, 0.15) is 0 Å². The summed E-state index contributed by atoms with van der Waals surface area (Å²) in [5.74, 6) is -0.248. The average molecular weight is 319 g/mol. The first kappa shape index (κ1) is 14.0. The summed E-state index contributed by atoms with van der Waals surface area (Å²) >= 11 is 1.35. The molecule has 1 aliphatic rings. The Morgan fingerprint density at radius 3 is 2.48 bits per heavy atom. The van der Waals surface area contributed by atoms with Crippen molar-refractivity contribution in [3.05, 3.63) is 64.2 Å². The molecule has 0 unspecified atom stereocenters. The molecule has 1 aromatic heterocycles. The van der Waals surface area contributed by atoms with Gasteiger partial charge in [-0.25, -0.2) is 8.42 Å². The van der Waals surface area contributed by atoms with E-state index < -0.39 is 15.9 Å². The number of benzene rings is 1. The van der Waals surface area contributed by atoms with E-state index >= 15 is 0 Å². The molecule has 0 fully saturated rings. The Bertz CT molecular complexity index is 765. The van der Waals surface area contributed by atoms with Crippen molar-refractivity contribution in [2.24, 2.45) is 0 Å². The summed E-state index contributed by atoms with van der Waals surface area (Å²) in [7, 11) is -3.22. The second-order valence-electron chi connectivity index (χ2n) is 4.71. The van der Waals surface area contributed by atoms with Gasteiger partial charge >= 0.3 is 0 Å². The van der Waals surface area contributed by atoms with Crippen LogP contribution >= 0.6 is 11.3 Å². The molecule has 2 heterocycles. The molecule has 6 heteroatoms. The van der Waals surface area contributed by atoms with Gasteiger partial charge in [0, 0.05) is 11.1 Å². The van der Waals surface area contributed by atoms with Gasteiger partial charge in [0.05, 0.1) is 16.7 Å². The summed E-state index contributed by atoms with van der Waals surface area (Å²) in [4.78, 5) is 14.9. The minimum absolute atomic E-state index is 0.0704. The average Bonchev–Trinajstić information content (AvgIpc) is 3.10. The molecule has 0 saturated heterocycles. The number of thiophene rings is 1. The van der Waals surface area contributed by atoms with Crippen LogP contribution in [-0.2, 0) is 9.84 Å². The molecule has 2 aromatic rings. The fraction of sp³-hybridized carbons (Fsp3) is 0.133. The monoisotopic (exact) mass is 319 g/mol. The molecular weight excluding hydrogens is 306 g/mol. The van der Waals surface area contributed by atoms with Crippen LogP contribution < -0.4 is 4.90 Å². The third-order valence-electron chi connectivity index (χ3n) is 3.23. The molecule has 0 saturated carbocycles. The van der Waals surface area contributed by atoms with E-state index in [1.54, 1.807) is 17.0 Å². The molecule has 0 bridgehead atoms. The zero-order valence-corrected chi connectivity index (χ0v) is 12.7. The molecule has 3 rings (SSSR count). The maximum atomic E-state index is 12.7. The van der Waals surface area contributed by atoms with Crippen LogP contribution in [-0.4, -0.2) is 26.1 Å². The number of carbonyl (C=O) groups excluding carboxylic acids is 1. The third kappa shape index (κ3) is 2.91. The lowest BCUT2D eigenvalue weighted by atomic mass is 10.2. The fourth-order valence-electron chi connectivity index (χ4n) is 2.29. The summed E-state index contributed by atoms with van der Waals surface area (Å²) in [6.45, 7) is 0. The number of hydrogen-bond acceptors (Lipinski definition) is 4. The Morgan fingerprint density at radius 1 is 1.14 bits per heavy atom. The van der Waals surface area contributed by atoms with Crippen molar-refractivity contribution < 1.29 is 13.2 Å². The molecule has 1 aromatic carbocycles. The van der Waals surface area contributed by atoms with Crippen molar-refractivity contribution in [2.75, 3.05) is 10.7 Å². The zero-order chi connectivity index (χ0) is 14.9. The first-order chi connectivity index (χ1) is 10.1. The van der Waals surface area contributed by atoms with Gasteiger partial charge in [-0.2, -0.15) is 0 Å². The summed E-state index contributed by atoms with van der Waals surface area (Å²) < 4.78 is 23.3. The first-order valence-electron chi connectivity index (χ1n) is 6.40. The van der Waals surface area contributed by atoms with E-state index in [1.807, 2.05) is 41.8 Å². The molecule has 1 amide bonds. The van der Waals surface area contributed by atoms with Crippen LogP contribution in [0.5, 0.6) is 0 Å². The lowest BCUT2D eigenvalue weighted by Gasteiger charge is -2.27. The Labute approximate surface area is 127 Å². The Morgan fingerprint density at radius 2 is 1.90 bits per heavy atom. The van der Waals surface area contributed by atoms with E-state index in [0.29, 0.717) is 10.6 Å². The highest BCUT2D eigenvalue weighted by molar-refractivity contribution is 7.94. The van der Waals surface area contributed by atoms with Crippen LogP contribution in [0.3, 0.4) is 0 Å². The van der Waals surface area contributed by atoms with Crippen molar-refractivity contribution in [3.63, 3.8) is 0 Å². The number of carbonyl (C=O) groups is 1. The molecule has 0 spiro atoms. The van der Waals surface area contributed by atoms with Crippen molar-refractivity contribution in [2.45, 2.75) is 6.04 Å². The van der Waals surface area contributed by atoms with Gasteiger partial charge in [0.15, 0.2) is 9.84 Å². The number of amides is 1. The quantitative estimate of drug-likeness (QED) is 0.874. The lowest BCUT2D eigenvalue weighted by Crippen LogP contribution is -2.40. The largest absolute Gasteiger partial charge is 0.300 e. The number of nitrogens with zero attached hydrogens (tertiary/aromatic N) is 1. The second kappa shape index (κ2) is 5.46. The molecule has 4 nitrogen and oxygen atoms in total. The van der Waals surface area contributed by atoms with E-state index in [0.717, 1.165) is 0 Å². The summed E-state index contributed by atoms with van der Waals surface area (Å²) in [5.41, 5.74) is 0.697. The number of rotatable bonds is 3. The SMILES string of the molecule is O=C(c1cccs1)N(c1ccccc1)[C@H]1C=CS(=O)(=O)C1. The van der Waals surface area contributed by atoms with Crippen LogP contribution in [0.1, 0.15) is 9.67 Å². The minimum atomic E-state index is -3.22. The predicted molar refractivity (Wildman–Crippen MR) is 84.3 cm³/mol. The third-order valence-corrected chi connectivity index (χ3v) is 5.46. The Kier molecular flexibility index (Phi) is 3.65. The predicted octanol–water partition coefficient (Wildman–Crippen LogP) is 2.71. The van der Waals surface area contributed by atoms with Gasteiger partial charge in [-0.15, -0.1) is 11.3 Å². The smallest absolute Gasteiger partial charge is 0.268 e. The van der Waals surface area contributed by atoms with Crippen molar-refractivity contribution in [1.82, 2.24) is 0 Å². The van der Waals surface area contributed by atoms with Gasteiger partial charge in [-0.05, 0) is 29.7 Å². The van der Waals surface area contributed by atoms with Crippen LogP contribution in [0.15, 0.2) is 59.3 Å². The lowest BCUT2D eigenvalue weighted by molar-refractivity contribution is 0.0987. The molecule has 0 radical (unpaired) electrons. The standard InChI is InChI=1S/C15H13NO3S2/c17-15(14-7-4-9-20-14)16(12-5-2-1-3-6-12)13-8-10-21(18,19)11-13/h1-10,13H,11H2/t13-/m0/s1. The number of hydrogen-bond donors (Lipinski definition) is 0. The number of sulfone groups is 1. The van der Waals surface area contributed by atoms with E-state index in [-0.39, 0.29) is 11.7 Å². The summed E-state index contributed by atoms with van der Waals surface area (Å²) in [6, 6.07) is 12.2. The molecular formula is C15H13NO3S2. The molecule has 0 N–H and O–H groups in total. The topological polar surface area (TPSA) is 54.5 Å². The highest BCUT2D eigenvalue weighted by Gasteiger charge is 2.32. The maximum absolute atomic E-state index is 12.7. The van der Waals surface area contributed by atoms with Gasteiger partial charge in [0.2, 0.25) is 0 Å². The normalized spacial score (nSPS) is 19.5.